The molecule has 31 heavy (non-hydrogen) atoms. The average molecular weight is 416 g/mol. The molecular weight excluding hydrogens is 386 g/mol. The van der Waals surface area contributed by atoms with Gasteiger partial charge >= 0.3 is 0 Å². The van der Waals surface area contributed by atoms with Gasteiger partial charge in [-0.1, -0.05) is 6.08 Å². The van der Waals surface area contributed by atoms with Gasteiger partial charge < -0.3 is 19.8 Å². The van der Waals surface area contributed by atoms with Gasteiger partial charge in [-0.05, 0) is 79.8 Å². The van der Waals surface area contributed by atoms with Crippen LogP contribution in [0.15, 0.2) is 54.9 Å². The summed E-state index contributed by atoms with van der Waals surface area (Å²) in [6.45, 7) is 3.21. The number of hydrogen-bond acceptors (Lipinski definition) is 3. The molecule has 1 aliphatic rings. The lowest BCUT2D eigenvalue weighted by molar-refractivity contribution is 0.295. The van der Waals surface area contributed by atoms with E-state index in [1.807, 2.05) is 18.2 Å². The van der Waals surface area contributed by atoms with E-state index in [-0.39, 0.29) is 0 Å². The highest BCUT2D eigenvalue weighted by molar-refractivity contribution is 5.93. The number of unbranched alkanes of at least 4 members (excludes halogenated alkanes) is 1. The molecule has 5 nitrogen and oxygen atoms in total. The molecule has 2 aromatic heterocycles. The Morgan fingerprint density at radius 3 is 2.68 bits per heavy atom. The molecule has 0 bridgehead atoms. The summed E-state index contributed by atoms with van der Waals surface area (Å²) in [5.41, 5.74) is 6.22. The molecule has 5 heteroatoms. The van der Waals surface area contributed by atoms with E-state index >= 15 is 0 Å². The standard InChI is InChI=1S/C26H29N3O2/c1-31-21-6-8-25-22(15-21)19(16-27-25)4-2-3-11-29-12-9-18(10-13-29)24-17-28-26-7-5-20(30)14-23(24)26/h5-9,14-17,27-28,30H,2-4,10-13H2,1H3. The fraction of sp³-hybridized carbons (Fsp3) is 0.308. The van der Waals surface area contributed by atoms with Gasteiger partial charge in [-0.2, -0.15) is 0 Å². The molecule has 1 aliphatic heterocycles. The van der Waals surface area contributed by atoms with Crippen molar-refractivity contribution in [3.05, 3.63) is 66.0 Å². The Balaban J connectivity index is 1.15. The summed E-state index contributed by atoms with van der Waals surface area (Å²) >= 11 is 0. The first-order valence-electron chi connectivity index (χ1n) is 11.1. The highest BCUT2D eigenvalue weighted by atomic mass is 16.5. The van der Waals surface area contributed by atoms with Crippen LogP contribution in [-0.4, -0.2) is 46.7 Å². The monoisotopic (exact) mass is 415 g/mol. The quantitative estimate of drug-likeness (QED) is 0.351. The predicted molar refractivity (Wildman–Crippen MR) is 127 cm³/mol. The van der Waals surface area contributed by atoms with Crippen molar-refractivity contribution in [1.82, 2.24) is 14.9 Å². The van der Waals surface area contributed by atoms with Gasteiger partial charge in [-0.25, -0.2) is 0 Å². The molecule has 5 rings (SSSR count). The van der Waals surface area contributed by atoms with Gasteiger partial charge in [0.15, 0.2) is 0 Å². The van der Waals surface area contributed by atoms with Crippen LogP contribution in [0, 0.1) is 0 Å². The number of aromatic hydroxyl groups is 1. The first-order valence-corrected chi connectivity index (χ1v) is 11.1. The van der Waals surface area contributed by atoms with Crippen LogP contribution in [-0.2, 0) is 6.42 Å². The molecule has 3 N–H and O–H groups in total. The zero-order chi connectivity index (χ0) is 21.2. The zero-order valence-corrected chi connectivity index (χ0v) is 17.9. The van der Waals surface area contributed by atoms with Crippen LogP contribution in [0.2, 0.25) is 0 Å². The number of nitrogens with zero attached hydrogens (tertiary/aromatic N) is 1. The molecule has 0 radical (unpaired) electrons. The number of aryl methyl sites for hydroxylation is 1. The van der Waals surface area contributed by atoms with Crippen molar-refractivity contribution in [3.63, 3.8) is 0 Å². The summed E-state index contributed by atoms with van der Waals surface area (Å²) in [7, 11) is 1.72. The second-order valence-corrected chi connectivity index (χ2v) is 8.39. The van der Waals surface area contributed by atoms with Gasteiger partial charge in [0.25, 0.3) is 0 Å². The minimum Gasteiger partial charge on any atom is -0.508 e. The number of fused-ring (bicyclic) bond motifs is 2. The maximum atomic E-state index is 9.84. The van der Waals surface area contributed by atoms with Crippen molar-refractivity contribution in [1.29, 1.82) is 0 Å². The van der Waals surface area contributed by atoms with Crippen LogP contribution in [0.5, 0.6) is 11.5 Å². The van der Waals surface area contributed by atoms with E-state index in [0.29, 0.717) is 5.75 Å². The molecule has 0 amide bonds. The molecule has 0 aliphatic carbocycles. The Morgan fingerprint density at radius 2 is 1.84 bits per heavy atom. The van der Waals surface area contributed by atoms with Crippen LogP contribution in [0.1, 0.15) is 30.4 Å². The second-order valence-electron chi connectivity index (χ2n) is 8.39. The molecule has 0 fully saturated rings. The number of ether oxygens (including phenoxy) is 1. The van der Waals surface area contributed by atoms with Gasteiger partial charge in [-0.15, -0.1) is 0 Å². The van der Waals surface area contributed by atoms with Crippen molar-refractivity contribution >= 4 is 27.4 Å². The Labute approximate surface area is 182 Å². The van der Waals surface area contributed by atoms with Gasteiger partial charge in [0, 0.05) is 52.9 Å². The zero-order valence-electron chi connectivity index (χ0n) is 17.9. The summed E-state index contributed by atoms with van der Waals surface area (Å²) < 4.78 is 5.38. The largest absolute Gasteiger partial charge is 0.508 e. The van der Waals surface area contributed by atoms with E-state index in [0.717, 1.165) is 49.1 Å². The minimum atomic E-state index is 0.319. The third-order valence-electron chi connectivity index (χ3n) is 6.45. The number of rotatable bonds is 7. The van der Waals surface area contributed by atoms with Gasteiger partial charge in [-0.3, -0.25) is 4.90 Å². The Hall–Kier alpha value is -3.18. The maximum Gasteiger partial charge on any atom is 0.119 e. The molecular formula is C26H29N3O2. The third-order valence-corrected chi connectivity index (χ3v) is 6.45. The van der Waals surface area contributed by atoms with E-state index in [4.69, 9.17) is 4.74 Å². The number of phenols is 1. The highest BCUT2D eigenvalue weighted by Crippen LogP contribution is 2.31. The molecule has 0 saturated carbocycles. The smallest absolute Gasteiger partial charge is 0.119 e. The molecule has 2 aromatic carbocycles. The topological polar surface area (TPSA) is 64.3 Å². The van der Waals surface area contributed by atoms with E-state index in [2.05, 4.69) is 45.5 Å². The number of benzene rings is 2. The van der Waals surface area contributed by atoms with E-state index < -0.39 is 0 Å². The van der Waals surface area contributed by atoms with Gasteiger partial charge in [0.05, 0.1) is 7.11 Å². The lowest BCUT2D eigenvalue weighted by Crippen LogP contribution is -2.29. The Kier molecular flexibility index (Phi) is 5.43. The number of H-pyrrole nitrogens is 2. The number of methoxy groups -OCH3 is 1. The second kappa shape index (κ2) is 8.52. The van der Waals surface area contributed by atoms with Gasteiger partial charge in [0.2, 0.25) is 0 Å². The van der Waals surface area contributed by atoms with Crippen LogP contribution in [0.25, 0.3) is 27.4 Å². The summed E-state index contributed by atoms with van der Waals surface area (Å²) in [6, 6.07) is 11.7. The summed E-state index contributed by atoms with van der Waals surface area (Å²) in [5.74, 6) is 1.23. The van der Waals surface area contributed by atoms with Crippen molar-refractivity contribution in [2.75, 3.05) is 26.7 Å². The van der Waals surface area contributed by atoms with Crippen LogP contribution >= 0.6 is 0 Å². The number of hydrogen-bond donors (Lipinski definition) is 3. The van der Waals surface area contributed by atoms with E-state index in [1.54, 1.807) is 13.2 Å². The highest BCUT2D eigenvalue weighted by Gasteiger charge is 2.16. The lowest BCUT2D eigenvalue weighted by atomic mass is 9.98. The molecule has 0 atom stereocenters. The minimum absolute atomic E-state index is 0.319. The van der Waals surface area contributed by atoms with Crippen LogP contribution < -0.4 is 4.74 Å². The molecule has 0 unspecified atom stereocenters. The number of phenolic OH excluding ortho intramolecular Hbond substituents is 1. The first kappa shape index (κ1) is 19.8. The molecule has 0 spiro atoms. The maximum absolute atomic E-state index is 9.84. The third kappa shape index (κ3) is 4.06. The fourth-order valence-electron chi connectivity index (χ4n) is 4.68. The molecule has 4 aromatic rings. The molecule has 0 saturated heterocycles. The number of aromatic nitrogens is 2. The average Bonchev–Trinajstić information content (AvgIpc) is 3.40. The van der Waals surface area contributed by atoms with E-state index in [9.17, 15) is 5.11 Å². The SMILES string of the molecule is COc1ccc2[nH]cc(CCCCN3CC=C(c4c[nH]c5ccc(O)cc45)CC3)c2c1. The Bertz CT molecular complexity index is 1230. The predicted octanol–water partition coefficient (Wildman–Crippen LogP) is 5.48. The van der Waals surface area contributed by atoms with Crippen molar-refractivity contribution < 1.29 is 9.84 Å². The van der Waals surface area contributed by atoms with Gasteiger partial charge in [0.1, 0.15) is 11.5 Å². The van der Waals surface area contributed by atoms with Crippen molar-refractivity contribution in [3.8, 4) is 11.5 Å². The Morgan fingerprint density at radius 1 is 1.00 bits per heavy atom. The van der Waals surface area contributed by atoms with Crippen molar-refractivity contribution in [2.45, 2.75) is 25.7 Å². The number of aromatic amines is 2. The lowest BCUT2D eigenvalue weighted by Gasteiger charge is -2.26. The fourth-order valence-corrected chi connectivity index (χ4v) is 4.68. The first-order chi connectivity index (χ1) is 15.2. The normalized spacial score (nSPS) is 14.9. The summed E-state index contributed by atoms with van der Waals surface area (Å²) in [4.78, 5) is 9.23. The molecule has 3 heterocycles. The van der Waals surface area contributed by atoms with Crippen LogP contribution in [0.3, 0.4) is 0 Å². The number of nitrogens with one attached hydrogen (secondary N) is 2. The summed E-state index contributed by atoms with van der Waals surface area (Å²) in [6.07, 6.45) is 11.1. The van der Waals surface area contributed by atoms with Crippen molar-refractivity contribution in [2.24, 2.45) is 0 Å². The molecule has 160 valence electrons. The summed E-state index contributed by atoms with van der Waals surface area (Å²) in [5, 5.41) is 12.2. The van der Waals surface area contributed by atoms with Crippen LogP contribution in [0.4, 0.5) is 0 Å². The van der Waals surface area contributed by atoms with E-state index in [1.165, 1.54) is 40.4 Å².